The molecule has 0 aliphatic carbocycles. The fraction of sp³-hybridized carbons (Fsp3) is 0.222. The molecule has 0 aliphatic rings. The molecule has 3 aromatic rings. The van der Waals surface area contributed by atoms with Crippen molar-refractivity contribution >= 4 is 11.8 Å². The number of hydrogen-bond donors (Lipinski definition) is 2. The molecule has 0 fully saturated rings. The van der Waals surface area contributed by atoms with E-state index in [1.807, 2.05) is 0 Å². The zero-order valence-corrected chi connectivity index (χ0v) is 15.6. The highest BCUT2D eigenvalue weighted by molar-refractivity contribution is 8.00. The van der Waals surface area contributed by atoms with Gasteiger partial charge in [0.25, 0.3) is 0 Å². The van der Waals surface area contributed by atoms with Crippen molar-refractivity contribution in [2.45, 2.75) is 30.4 Å². The molecule has 1 aromatic carbocycles. The van der Waals surface area contributed by atoms with E-state index in [0.717, 1.165) is 15.7 Å². The van der Waals surface area contributed by atoms with Gasteiger partial charge in [0.05, 0.1) is 17.9 Å². The number of rotatable bonds is 5. The second kappa shape index (κ2) is 7.72. The topological polar surface area (TPSA) is 86.1 Å². The maximum atomic E-state index is 12.9. The molecule has 0 atom stereocenters. The van der Waals surface area contributed by atoms with Crippen LogP contribution >= 0.6 is 11.8 Å². The van der Waals surface area contributed by atoms with Gasteiger partial charge in [-0.3, -0.25) is 9.55 Å². The number of aromatic hydroxyl groups is 1. The van der Waals surface area contributed by atoms with Crippen LogP contribution in [0.25, 0.3) is 5.69 Å². The van der Waals surface area contributed by atoms with Gasteiger partial charge in [-0.2, -0.15) is 13.2 Å². The van der Waals surface area contributed by atoms with E-state index in [-0.39, 0.29) is 41.3 Å². The number of benzene rings is 1. The van der Waals surface area contributed by atoms with Crippen molar-refractivity contribution < 1.29 is 18.3 Å². The number of alkyl halides is 3. The van der Waals surface area contributed by atoms with Crippen LogP contribution in [0.5, 0.6) is 5.88 Å². The van der Waals surface area contributed by atoms with Crippen molar-refractivity contribution in [2.75, 3.05) is 0 Å². The maximum Gasteiger partial charge on any atom is 0.446 e. The maximum absolute atomic E-state index is 12.9. The molecule has 0 saturated carbocycles. The summed E-state index contributed by atoms with van der Waals surface area (Å²) in [5, 5.41) is 10.4. The van der Waals surface area contributed by atoms with Crippen molar-refractivity contribution in [2.24, 2.45) is 5.73 Å². The second-order valence-electron chi connectivity index (χ2n) is 6.00. The Morgan fingerprint density at radius 2 is 1.86 bits per heavy atom. The Morgan fingerprint density at radius 1 is 1.18 bits per heavy atom. The molecule has 0 saturated heterocycles. The molecule has 3 rings (SSSR count). The van der Waals surface area contributed by atoms with E-state index in [9.17, 15) is 23.1 Å². The van der Waals surface area contributed by atoms with Gasteiger partial charge in [-0.1, -0.05) is 0 Å². The van der Waals surface area contributed by atoms with Crippen LogP contribution in [0, 0.1) is 6.92 Å². The Balaban J connectivity index is 1.98. The van der Waals surface area contributed by atoms with Gasteiger partial charge in [-0.15, -0.1) is 0 Å². The van der Waals surface area contributed by atoms with E-state index in [1.165, 1.54) is 28.8 Å². The van der Waals surface area contributed by atoms with Crippen molar-refractivity contribution in [1.82, 2.24) is 14.1 Å². The Bertz CT molecular complexity index is 1040. The summed E-state index contributed by atoms with van der Waals surface area (Å²) in [5.74, 6) is -0.274. The molecule has 2 heterocycles. The summed E-state index contributed by atoms with van der Waals surface area (Å²) >= 11 is -0.246. The molecule has 10 heteroatoms. The fourth-order valence-corrected chi connectivity index (χ4v) is 3.36. The lowest BCUT2D eigenvalue weighted by atomic mass is 10.1. The first kappa shape index (κ1) is 20.0. The molecule has 2 aromatic heterocycles. The molecule has 0 aliphatic heterocycles. The minimum absolute atomic E-state index is 0.00989. The smallest absolute Gasteiger partial charge is 0.446 e. The fourth-order valence-electron chi connectivity index (χ4n) is 2.82. The highest BCUT2D eigenvalue weighted by Gasteiger charge is 2.29. The number of aromatic nitrogens is 3. The number of hydrogen-bond acceptors (Lipinski definition) is 5. The number of imidazole rings is 1. The van der Waals surface area contributed by atoms with E-state index in [2.05, 4.69) is 4.98 Å². The van der Waals surface area contributed by atoms with Crippen LogP contribution < -0.4 is 11.4 Å². The summed E-state index contributed by atoms with van der Waals surface area (Å²) in [5.41, 5.74) is 2.96. The van der Waals surface area contributed by atoms with Crippen LogP contribution in [0.15, 0.2) is 52.4 Å². The largest absolute Gasteiger partial charge is 0.493 e. The van der Waals surface area contributed by atoms with Gasteiger partial charge >= 0.3 is 11.2 Å². The SMILES string of the molecule is Cc1c(O)n(-c2ccc(SC(F)(F)F)cc2)c(=O)n1Cc1ccncc1CN. The van der Waals surface area contributed by atoms with Crippen molar-refractivity contribution in [1.29, 1.82) is 0 Å². The van der Waals surface area contributed by atoms with Gasteiger partial charge in [0, 0.05) is 23.8 Å². The Hall–Kier alpha value is -2.72. The van der Waals surface area contributed by atoms with Crippen LogP contribution in [0.3, 0.4) is 0 Å². The summed E-state index contributed by atoms with van der Waals surface area (Å²) in [7, 11) is 0. The van der Waals surface area contributed by atoms with Gasteiger partial charge in [-0.25, -0.2) is 9.36 Å². The van der Waals surface area contributed by atoms with Gasteiger partial charge < -0.3 is 10.8 Å². The third kappa shape index (κ3) is 4.07. The average Bonchev–Trinajstić information content (AvgIpc) is 2.85. The lowest BCUT2D eigenvalue weighted by Gasteiger charge is -2.08. The van der Waals surface area contributed by atoms with Gasteiger partial charge in [0.2, 0.25) is 5.88 Å². The van der Waals surface area contributed by atoms with Gasteiger partial charge in [0.15, 0.2) is 0 Å². The minimum atomic E-state index is -4.40. The third-order valence-corrected chi connectivity index (χ3v) is 4.98. The number of nitrogens with two attached hydrogens (primary N) is 1. The summed E-state index contributed by atoms with van der Waals surface area (Å²) in [4.78, 5) is 16.9. The van der Waals surface area contributed by atoms with E-state index < -0.39 is 11.2 Å². The second-order valence-corrected chi connectivity index (χ2v) is 7.14. The van der Waals surface area contributed by atoms with Gasteiger partial charge in [-0.05, 0) is 60.1 Å². The summed E-state index contributed by atoms with van der Waals surface area (Å²) in [6.45, 7) is 2.02. The first-order valence-electron chi connectivity index (χ1n) is 8.20. The highest BCUT2D eigenvalue weighted by atomic mass is 32.2. The van der Waals surface area contributed by atoms with E-state index >= 15 is 0 Å². The average molecular weight is 410 g/mol. The number of nitrogens with zero attached hydrogens (tertiary/aromatic N) is 3. The Labute approximate surface area is 162 Å². The molecule has 0 unspecified atom stereocenters. The van der Waals surface area contributed by atoms with Crippen molar-refractivity contribution in [3.63, 3.8) is 0 Å². The predicted octanol–water partition coefficient (Wildman–Crippen LogP) is 3.17. The minimum Gasteiger partial charge on any atom is -0.493 e. The number of halogens is 3. The molecule has 0 radical (unpaired) electrons. The van der Waals surface area contributed by atoms with Crippen LogP contribution in [-0.4, -0.2) is 24.7 Å². The molecule has 0 bridgehead atoms. The normalized spacial score (nSPS) is 11.8. The Morgan fingerprint density at radius 3 is 2.46 bits per heavy atom. The molecular weight excluding hydrogens is 393 g/mol. The zero-order chi connectivity index (χ0) is 20.5. The molecular formula is C18H17F3N4O2S. The van der Waals surface area contributed by atoms with Gasteiger partial charge in [0.1, 0.15) is 0 Å². The van der Waals surface area contributed by atoms with Crippen molar-refractivity contribution in [3.05, 3.63) is 70.0 Å². The molecule has 3 N–H and O–H groups in total. The first-order chi connectivity index (χ1) is 13.2. The predicted molar refractivity (Wildman–Crippen MR) is 99.6 cm³/mol. The quantitative estimate of drug-likeness (QED) is 0.631. The molecule has 148 valence electrons. The molecule has 28 heavy (non-hydrogen) atoms. The van der Waals surface area contributed by atoms with E-state index in [4.69, 9.17) is 5.73 Å². The monoisotopic (exact) mass is 410 g/mol. The van der Waals surface area contributed by atoms with Crippen LogP contribution in [-0.2, 0) is 13.1 Å². The molecule has 6 nitrogen and oxygen atoms in total. The summed E-state index contributed by atoms with van der Waals surface area (Å²) in [6.07, 6.45) is 3.20. The molecule has 0 amide bonds. The first-order valence-corrected chi connectivity index (χ1v) is 9.02. The highest BCUT2D eigenvalue weighted by Crippen LogP contribution is 2.37. The van der Waals surface area contributed by atoms with E-state index in [0.29, 0.717) is 5.69 Å². The number of pyridine rings is 1. The summed E-state index contributed by atoms with van der Waals surface area (Å²) in [6, 6.07) is 6.96. The van der Waals surface area contributed by atoms with E-state index in [1.54, 1.807) is 25.4 Å². The lowest BCUT2D eigenvalue weighted by Crippen LogP contribution is -2.25. The van der Waals surface area contributed by atoms with Crippen LogP contribution in [0.2, 0.25) is 0 Å². The van der Waals surface area contributed by atoms with Crippen molar-refractivity contribution in [3.8, 4) is 11.6 Å². The standard InChI is InChI=1S/C18H17F3N4O2S/c1-11-16(26)25(14-2-4-15(5-3-14)28-18(19,20)21)17(27)24(11)10-12-6-7-23-9-13(12)8-22/h2-7,9,26H,8,10,22H2,1H3. The zero-order valence-electron chi connectivity index (χ0n) is 14.8. The third-order valence-electron chi connectivity index (χ3n) is 4.24. The lowest BCUT2D eigenvalue weighted by molar-refractivity contribution is -0.0328. The van der Waals surface area contributed by atoms with Crippen LogP contribution in [0.1, 0.15) is 16.8 Å². The number of thioether (sulfide) groups is 1. The summed E-state index contributed by atoms with van der Waals surface area (Å²) < 4.78 is 39.8. The molecule has 0 spiro atoms. The van der Waals surface area contributed by atoms with Crippen LogP contribution in [0.4, 0.5) is 13.2 Å². The Kier molecular flexibility index (Phi) is 5.52.